The molecule has 0 unspecified atom stereocenters. The molecule has 1 aromatic heterocycles. The molecule has 14 heavy (non-hydrogen) atoms. The van der Waals surface area contributed by atoms with Gasteiger partial charge in [0.15, 0.2) is 0 Å². The molecule has 1 aliphatic carbocycles. The predicted octanol–water partition coefficient (Wildman–Crippen LogP) is 2.75. The zero-order chi connectivity index (χ0) is 9.97. The SMILES string of the molecule is CCc1cncc(OC2CC2)c1CC. The normalized spacial score (nSPS) is 15.6. The second-order valence-electron chi connectivity index (χ2n) is 3.80. The average Bonchev–Trinajstić information content (AvgIpc) is 3.01. The van der Waals surface area contributed by atoms with Crippen molar-refractivity contribution in [3.63, 3.8) is 0 Å². The van der Waals surface area contributed by atoms with Crippen LogP contribution in [0, 0.1) is 0 Å². The Kier molecular flexibility index (Phi) is 2.71. The van der Waals surface area contributed by atoms with Gasteiger partial charge in [-0.25, -0.2) is 0 Å². The molecule has 2 heteroatoms. The molecule has 0 amide bonds. The molecule has 0 atom stereocenters. The fourth-order valence-corrected chi connectivity index (χ4v) is 1.68. The van der Waals surface area contributed by atoms with Crippen LogP contribution in [-0.2, 0) is 12.8 Å². The molecule has 1 heterocycles. The molecule has 0 spiro atoms. The van der Waals surface area contributed by atoms with Crippen LogP contribution in [0.1, 0.15) is 37.8 Å². The summed E-state index contributed by atoms with van der Waals surface area (Å²) in [6, 6.07) is 0. The number of aryl methyl sites for hydroxylation is 1. The number of nitrogens with zero attached hydrogens (tertiary/aromatic N) is 1. The second-order valence-corrected chi connectivity index (χ2v) is 3.80. The van der Waals surface area contributed by atoms with Gasteiger partial charge in [-0.05, 0) is 31.2 Å². The molecular formula is C12H17NO. The van der Waals surface area contributed by atoms with Gasteiger partial charge in [-0.15, -0.1) is 0 Å². The minimum atomic E-state index is 0.467. The molecule has 1 aromatic rings. The zero-order valence-electron chi connectivity index (χ0n) is 8.92. The maximum Gasteiger partial charge on any atom is 0.141 e. The number of hydrogen-bond donors (Lipinski definition) is 0. The Morgan fingerprint density at radius 1 is 1.29 bits per heavy atom. The van der Waals surface area contributed by atoms with Crippen LogP contribution in [0.4, 0.5) is 0 Å². The van der Waals surface area contributed by atoms with Crippen molar-refractivity contribution >= 4 is 0 Å². The Bertz CT molecular complexity index is 318. The number of rotatable bonds is 4. The molecule has 0 radical (unpaired) electrons. The number of hydrogen-bond acceptors (Lipinski definition) is 2. The van der Waals surface area contributed by atoms with Crippen LogP contribution in [0.25, 0.3) is 0 Å². The Hall–Kier alpha value is -1.05. The van der Waals surface area contributed by atoms with Crippen molar-refractivity contribution in [1.82, 2.24) is 4.98 Å². The fourth-order valence-electron chi connectivity index (χ4n) is 1.68. The van der Waals surface area contributed by atoms with Gasteiger partial charge >= 0.3 is 0 Å². The molecule has 2 nitrogen and oxygen atoms in total. The highest BCUT2D eigenvalue weighted by Crippen LogP contribution is 2.30. The van der Waals surface area contributed by atoms with E-state index >= 15 is 0 Å². The van der Waals surface area contributed by atoms with Gasteiger partial charge in [0.1, 0.15) is 5.75 Å². The molecule has 2 rings (SSSR count). The van der Waals surface area contributed by atoms with Gasteiger partial charge in [0.05, 0.1) is 12.3 Å². The quantitative estimate of drug-likeness (QED) is 0.730. The predicted molar refractivity (Wildman–Crippen MR) is 56.6 cm³/mol. The van der Waals surface area contributed by atoms with E-state index in [0.29, 0.717) is 6.10 Å². The Morgan fingerprint density at radius 3 is 2.64 bits per heavy atom. The first-order valence-corrected chi connectivity index (χ1v) is 5.47. The third kappa shape index (κ3) is 1.89. The molecule has 0 bridgehead atoms. The summed E-state index contributed by atoms with van der Waals surface area (Å²) in [5.74, 6) is 1.01. The van der Waals surface area contributed by atoms with E-state index in [2.05, 4.69) is 18.8 Å². The maximum absolute atomic E-state index is 5.83. The first-order valence-electron chi connectivity index (χ1n) is 5.47. The van der Waals surface area contributed by atoms with Gasteiger partial charge in [-0.3, -0.25) is 4.98 Å². The van der Waals surface area contributed by atoms with Crippen molar-refractivity contribution < 1.29 is 4.74 Å². The number of pyridine rings is 1. The summed E-state index contributed by atoms with van der Waals surface area (Å²) >= 11 is 0. The maximum atomic E-state index is 5.83. The van der Waals surface area contributed by atoms with Crippen LogP contribution in [-0.4, -0.2) is 11.1 Å². The van der Waals surface area contributed by atoms with E-state index in [-0.39, 0.29) is 0 Å². The Balaban J connectivity index is 2.26. The third-order valence-electron chi connectivity index (χ3n) is 2.66. The summed E-state index contributed by atoms with van der Waals surface area (Å²) in [7, 11) is 0. The Labute approximate surface area is 85.3 Å². The summed E-state index contributed by atoms with van der Waals surface area (Å²) < 4.78 is 5.83. The first-order chi connectivity index (χ1) is 6.85. The molecular weight excluding hydrogens is 174 g/mol. The van der Waals surface area contributed by atoms with E-state index in [1.165, 1.54) is 24.0 Å². The van der Waals surface area contributed by atoms with Crippen molar-refractivity contribution in [2.24, 2.45) is 0 Å². The number of aromatic nitrogens is 1. The molecule has 0 aliphatic heterocycles. The summed E-state index contributed by atoms with van der Waals surface area (Å²) in [5.41, 5.74) is 2.67. The van der Waals surface area contributed by atoms with Gasteiger partial charge in [0.2, 0.25) is 0 Å². The minimum Gasteiger partial charge on any atom is -0.489 e. The summed E-state index contributed by atoms with van der Waals surface area (Å²) in [6.45, 7) is 4.34. The smallest absolute Gasteiger partial charge is 0.141 e. The van der Waals surface area contributed by atoms with Crippen LogP contribution in [0.2, 0.25) is 0 Å². The highest BCUT2D eigenvalue weighted by atomic mass is 16.5. The lowest BCUT2D eigenvalue weighted by atomic mass is 10.1. The van der Waals surface area contributed by atoms with Crippen LogP contribution >= 0.6 is 0 Å². The Morgan fingerprint density at radius 2 is 2.07 bits per heavy atom. The largest absolute Gasteiger partial charge is 0.489 e. The van der Waals surface area contributed by atoms with E-state index in [1.54, 1.807) is 0 Å². The summed E-state index contributed by atoms with van der Waals surface area (Å²) in [4.78, 5) is 4.22. The molecule has 0 aromatic carbocycles. The van der Waals surface area contributed by atoms with Gasteiger partial charge in [0.25, 0.3) is 0 Å². The number of ether oxygens (including phenoxy) is 1. The molecule has 76 valence electrons. The highest BCUT2D eigenvalue weighted by Gasteiger charge is 2.24. The standard InChI is InChI=1S/C12H17NO/c1-3-9-7-13-8-12(11(9)4-2)14-10-5-6-10/h7-8,10H,3-6H2,1-2H3. The fraction of sp³-hybridized carbons (Fsp3) is 0.583. The van der Waals surface area contributed by atoms with Crippen molar-refractivity contribution in [1.29, 1.82) is 0 Å². The van der Waals surface area contributed by atoms with Gasteiger partial charge in [-0.1, -0.05) is 13.8 Å². The van der Waals surface area contributed by atoms with Gasteiger partial charge in [0, 0.05) is 11.8 Å². The first kappa shape index (κ1) is 9.50. The summed E-state index contributed by atoms with van der Waals surface area (Å²) in [5, 5.41) is 0. The van der Waals surface area contributed by atoms with Crippen molar-refractivity contribution in [3.8, 4) is 5.75 Å². The minimum absolute atomic E-state index is 0.467. The lowest BCUT2D eigenvalue weighted by Gasteiger charge is -2.12. The average molecular weight is 191 g/mol. The van der Waals surface area contributed by atoms with Gasteiger partial charge in [-0.2, -0.15) is 0 Å². The van der Waals surface area contributed by atoms with E-state index in [9.17, 15) is 0 Å². The zero-order valence-corrected chi connectivity index (χ0v) is 8.92. The monoisotopic (exact) mass is 191 g/mol. The lowest BCUT2D eigenvalue weighted by molar-refractivity contribution is 0.298. The van der Waals surface area contributed by atoms with Crippen LogP contribution in [0.3, 0.4) is 0 Å². The molecule has 1 saturated carbocycles. The van der Waals surface area contributed by atoms with E-state index in [4.69, 9.17) is 4.74 Å². The molecule has 1 aliphatic rings. The van der Waals surface area contributed by atoms with Crippen molar-refractivity contribution in [2.45, 2.75) is 45.6 Å². The lowest BCUT2D eigenvalue weighted by Crippen LogP contribution is -2.02. The molecule has 0 N–H and O–H groups in total. The van der Waals surface area contributed by atoms with Crippen LogP contribution in [0.5, 0.6) is 5.75 Å². The van der Waals surface area contributed by atoms with Gasteiger partial charge < -0.3 is 4.74 Å². The summed E-state index contributed by atoms with van der Waals surface area (Å²) in [6.07, 6.45) is 8.77. The second kappa shape index (κ2) is 3.99. The van der Waals surface area contributed by atoms with E-state index < -0.39 is 0 Å². The topological polar surface area (TPSA) is 22.1 Å². The highest BCUT2D eigenvalue weighted by molar-refractivity contribution is 5.37. The molecule has 0 saturated heterocycles. The molecule has 1 fully saturated rings. The van der Waals surface area contributed by atoms with E-state index in [1.807, 2.05) is 12.4 Å². The van der Waals surface area contributed by atoms with Crippen molar-refractivity contribution in [2.75, 3.05) is 0 Å². The van der Waals surface area contributed by atoms with Crippen LogP contribution in [0.15, 0.2) is 12.4 Å². The third-order valence-corrected chi connectivity index (χ3v) is 2.66. The van der Waals surface area contributed by atoms with E-state index in [0.717, 1.165) is 18.6 Å². The van der Waals surface area contributed by atoms with Crippen molar-refractivity contribution in [3.05, 3.63) is 23.5 Å². The van der Waals surface area contributed by atoms with Crippen LogP contribution < -0.4 is 4.74 Å².